The lowest BCUT2D eigenvalue weighted by Gasteiger charge is -2.12. The van der Waals surface area contributed by atoms with Gasteiger partial charge in [0.2, 0.25) is 0 Å². The van der Waals surface area contributed by atoms with E-state index in [2.05, 4.69) is 33.5 Å². The Morgan fingerprint density at radius 2 is 2.12 bits per heavy atom. The molecule has 0 aliphatic carbocycles. The minimum Gasteiger partial charge on any atom is -0.365 e. The van der Waals surface area contributed by atoms with E-state index in [1.165, 1.54) is 15.8 Å². The van der Waals surface area contributed by atoms with Gasteiger partial charge in [-0.2, -0.15) is 0 Å². The van der Waals surface area contributed by atoms with Crippen LogP contribution in [0.3, 0.4) is 0 Å². The Balaban J connectivity index is 0.00000108. The van der Waals surface area contributed by atoms with Gasteiger partial charge in [-0.25, -0.2) is 0 Å². The lowest BCUT2D eigenvalue weighted by atomic mass is 10.2. The molecule has 0 saturated carbocycles. The lowest BCUT2D eigenvalue weighted by molar-refractivity contribution is 0.751. The molecule has 0 radical (unpaired) electrons. The second-order valence-corrected chi connectivity index (χ2v) is 4.80. The van der Waals surface area contributed by atoms with Crippen LogP contribution in [0, 0.1) is 0 Å². The minimum absolute atomic E-state index is 0. The fourth-order valence-electron chi connectivity index (χ4n) is 1.81. The van der Waals surface area contributed by atoms with Crippen molar-refractivity contribution >= 4 is 51.8 Å². The molecule has 0 amide bonds. The highest BCUT2D eigenvalue weighted by molar-refractivity contribution is 14.0. The van der Waals surface area contributed by atoms with Crippen molar-refractivity contribution in [2.24, 2.45) is 4.99 Å². The number of aliphatic imine (C=N–C) groups is 1. The predicted octanol–water partition coefficient (Wildman–Crippen LogP) is 3.23. The fraction of sp³-hybridized carbons (Fsp3) is 0.250. The Kier molecular flexibility index (Phi) is 4.33. The molecule has 17 heavy (non-hydrogen) atoms. The number of para-hydroxylation sites is 1. The van der Waals surface area contributed by atoms with Gasteiger partial charge in [0.15, 0.2) is 5.17 Å². The zero-order valence-corrected chi connectivity index (χ0v) is 12.4. The second-order valence-electron chi connectivity index (χ2n) is 3.77. The van der Waals surface area contributed by atoms with Crippen LogP contribution in [0.4, 0.5) is 0 Å². The number of fused-ring (bicyclic) bond motifs is 1. The molecule has 2 aromatic rings. The zero-order valence-electron chi connectivity index (χ0n) is 9.27. The molecular weight excluding hydrogens is 345 g/mol. The van der Waals surface area contributed by atoms with Gasteiger partial charge in [-0.1, -0.05) is 30.0 Å². The van der Waals surface area contributed by atoms with Crippen molar-refractivity contribution < 1.29 is 0 Å². The molecule has 0 saturated heterocycles. The van der Waals surface area contributed by atoms with E-state index >= 15 is 0 Å². The summed E-state index contributed by atoms with van der Waals surface area (Å²) in [6.45, 7) is 1.98. The Morgan fingerprint density at radius 3 is 2.94 bits per heavy atom. The molecule has 0 atom stereocenters. The average Bonchev–Trinajstić information content (AvgIpc) is 2.74. The third kappa shape index (κ3) is 2.77. The Hall–Kier alpha value is -0.690. The molecule has 2 heterocycles. The van der Waals surface area contributed by atoms with E-state index in [4.69, 9.17) is 0 Å². The maximum Gasteiger partial charge on any atom is 0.161 e. The molecule has 1 aromatic heterocycles. The molecule has 2 N–H and O–H groups in total. The van der Waals surface area contributed by atoms with Gasteiger partial charge in [0, 0.05) is 35.1 Å². The number of halogens is 1. The standard InChI is InChI=1S/C12H13N3S.HI/c1-2-5-10-9(4-1)11(8-15-10)16-12-13-6-3-7-14-12;/h1-2,4-5,8,15H,3,6-7H2,(H,13,14);1H. The fourth-order valence-corrected chi connectivity index (χ4v) is 2.76. The maximum absolute atomic E-state index is 4.47. The van der Waals surface area contributed by atoms with E-state index < -0.39 is 0 Å². The van der Waals surface area contributed by atoms with Crippen LogP contribution in [0.5, 0.6) is 0 Å². The summed E-state index contributed by atoms with van der Waals surface area (Å²) in [5, 5.41) is 5.63. The first kappa shape index (κ1) is 12.8. The predicted molar refractivity (Wildman–Crippen MR) is 84.5 cm³/mol. The Labute approximate surface area is 121 Å². The second kappa shape index (κ2) is 5.77. The van der Waals surface area contributed by atoms with Crippen LogP contribution < -0.4 is 5.32 Å². The highest BCUT2D eigenvalue weighted by Gasteiger charge is 2.09. The van der Waals surface area contributed by atoms with Crippen LogP contribution in [-0.4, -0.2) is 23.2 Å². The molecule has 5 heteroatoms. The van der Waals surface area contributed by atoms with E-state index in [0.717, 1.165) is 24.7 Å². The Bertz CT molecular complexity index is 535. The number of amidine groups is 1. The first-order valence-electron chi connectivity index (χ1n) is 5.46. The monoisotopic (exact) mass is 359 g/mol. The summed E-state index contributed by atoms with van der Waals surface area (Å²) in [5.74, 6) is 0. The number of aromatic nitrogens is 1. The summed E-state index contributed by atoms with van der Waals surface area (Å²) in [6.07, 6.45) is 3.19. The highest BCUT2D eigenvalue weighted by atomic mass is 127. The molecule has 90 valence electrons. The van der Waals surface area contributed by atoms with Crippen LogP contribution >= 0.6 is 35.7 Å². The topological polar surface area (TPSA) is 40.2 Å². The molecule has 3 nitrogen and oxygen atoms in total. The van der Waals surface area contributed by atoms with Gasteiger partial charge in [0.25, 0.3) is 0 Å². The van der Waals surface area contributed by atoms with E-state index in [1.54, 1.807) is 11.8 Å². The van der Waals surface area contributed by atoms with Gasteiger partial charge >= 0.3 is 0 Å². The largest absolute Gasteiger partial charge is 0.365 e. The molecule has 0 unspecified atom stereocenters. The zero-order chi connectivity index (χ0) is 10.8. The van der Waals surface area contributed by atoms with E-state index in [-0.39, 0.29) is 24.0 Å². The third-order valence-corrected chi connectivity index (χ3v) is 3.65. The minimum atomic E-state index is 0. The van der Waals surface area contributed by atoms with Gasteiger partial charge in [-0.3, -0.25) is 4.99 Å². The number of thioether (sulfide) groups is 1. The van der Waals surface area contributed by atoms with E-state index in [9.17, 15) is 0 Å². The molecule has 1 aliphatic rings. The average molecular weight is 359 g/mol. The van der Waals surface area contributed by atoms with Crippen molar-refractivity contribution in [2.75, 3.05) is 13.1 Å². The van der Waals surface area contributed by atoms with Crippen LogP contribution in [0.15, 0.2) is 40.4 Å². The normalized spacial score (nSPS) is 14.9. The molecular formula is C12H14IN3S. The first-order chi connectivity index (χ1) is 7.93. The number of aromatic amines is 1. The van der Waals surface area contributed by atoms with Crippen molar-refractivity contribution in [1.29, 1.82) is 0 Å². The number of H-pyrrole nitrogens is 1. The summed E-state index contributed by atoms with van der Waals surface area (Å²) in [4.78, 5) is 8.98. The number of hydrogen-bond acceptors (Lipinski definition) is 3. The molecule has 1 aromatic carbocycles. The summed E-state index contributed by atoms with van der Waals surface area (Å²) in [7, 11) is 0. The van der Waals surface area contributed by atoms with E-state index in [1.807, 2.05) is 12.3 Å². The van der Waals surface area contributed by atoms with Crippen molar-refractivity contribution in [3.63, 3.8) is 0 Å². The summed E-state index contributed by atoms with van der Waals surface area (Å²) in [6, 6.07) is 8.34. The number of benzene rings is 1. The number of nitrogens with zero attached hydrogens (tertiary/aromatic N) is 1. The maximum atomic E-state index is 4.47. The molecule has 3 rings (SSSR count). The first-order valence-corrected chi connectivity index (χ1v) is 6.27. The number of rotatable bonds is 1. The Morgan fingerprint density at radius 1 is 1.24 bits per heavy atom. The van der Waals surface area contributed by atoms with Gasteiger partial charge in [-0.05, 0) is 12.5 Å². The van der Waals surface area contributed by atoms with Gasteiger partial charge in [0.1, 0.15) is 0 Å². The van der Waals surface area contributed by atoms with Gasteiger partial charge < -0.3 is 10.3 Å². The molecule has 0 bridgehead atoms. The third-order valence-electron chi connectivity index (χ3n) is 2.62. The molecule has 1 aliphatic heterocycles. The lowest BCUT2D eigenvalue weighted by Crippen LogP contribution is -2.26. The summed E-state index contributed by atoms with van der Waals surface area (Å²) >= 11 is 1.71. The van der Waals surface area contributed by atoms with Gasteiger partial charge in [0.05, 0.1) is 0 Å². The quantitative estimate of drug-likeness (QED) is 0.768. The van der Waals surface area contributed by atoms with Crippen LogP contribution in [-0.2, 0) is 0 Å². The summed E-state index contributed by atoms with van der Waals surface area (Å²) < 4.78 is 0. The molecule has 0 spiro atoms. The smallest absolute Gasteiger partial charge is 0.161 e. The number of hydrogen-bond donors (Lipinski definition) is 2. The van der Waals surface area contributed by atoms with Crippen molar-refractivity contribution in [1.82, 2.24) is 10.3 Å². The molecule has 0 fully saturated rings. The van der Waals surface area contributed by atoms with Crippen molar-refractivity contribution in [3.8, 4) is 0 Å². The van der Waals surface area contributed by atoms with Gasteiger partial charge in [-0.15, -0.1) is 24.0 Å². The van der Waals surface area contributed by atoms with Crippen LogP contribution in [0.25, 0.3) is 10.9 Å². The summed E-state index contributed by atoms with van der Waals surface area (Å²) in [5.41, 5.74) is 1.18. The highest BCUT2D eigenvalue weighted by Crippen LogP contribution is 2.28. The SMILES string of the molecule is I.c1ccc2c(SC3=NCCCN3)c[nH]c2c1. The van der Waals surface area contributed by atoms with E-state index in [0.29, 0.717) is 0 Å². The van der Waals surface area contributed by atoms with Crippen molar-refractivity contribution in [2.45, 2.75) is 11.3 Å². The van der Waals surface area contributed by atoms with Crippen molar-refractivity contribution in [3.05, 3.63) is 30.5 Å². The van der Waals surface area contributed by atoms with Crippen LogP contribution in [0.1, 0.15) is 6.42 Å². The number of nitrogens with one attached hydrogen (secondary N) is 2. The van der Waals surface area contributed by atoms with Crippen LogP contribution in [0.2, 0.25) is 0 Å².